The fraction of sp³-hybridized carbons (Fsp3) is 0.185. The average molecular weight is 573 g/mol. The van der Waals surface area contributed by atoms with E-state index >= 15 is 0 Å². The molecule has 0 saturated heterocycles. The molecule has 0 fully saturated rings. The third-order valence-corrected chi connectivity index (χ3v) is 7.88. The van der Waals surface area contributed by atoms with Crippen molar-refractivity contribution in [1.82, 2.24) is 13.9 Å². The van der Waals surface area contributed by atoms with Crippen LogP contribution in [-0.2, 0) is 19.6 Å². The molecule has 0 aliphatic heterocycles. The minimum absolute atomic E-state index is 0.00888. The Bertz CT molecular complexity index is 1530. The molecule has 1 aromatic heterocycles. The second-order valence-electron chi connectivity index (χ2n) is 8.36. The highest BCUT2D eigenvalue weighted by Crippen LogP contribution is 2.26. The van der Waals surface area contributed by atoms with Crippen molar-refractivity contribution >= 4 is 33.5 Å². The van der Waals surface area contributed by atoms with E-state index in [0.29, 0.717) is 22.2 Å². The molecule has 204 valence electrons. The first kappa shape index (κ1) is 28.2. The summed E-state index contributed by atoms with van der Waals surface area (Å²) in [7, 11) is -1.03. The molecule has 0 saturated carbocycles. The van der Waals surface area contributed by atoms with Crippen LogP contribution in [0.1, 0.15) is 0 Å². The first-order valence-corrected chi connectivity index (χ1v) is 13.6. The van der Waals surface area contributed by atoms with E-state index in [1.807, 2.05) is 12.1 Å². The van der Waals surface area contributed by atoms with Crippen LogP contribution in [-0.4, -0.2) is 62.1 Å². The standard InChI is InChI=1S/C27H26ClFN4O5S/c1-37-16-15-32(39(35,36)24-13-5-20(28)6-14-24)18-26(34)31-27-30-25(19-3-11-23(38-2)12-4-19)17-33(27)22-9-7-21(29)8-10-22/h3-14,17H,15-16,18H2,1-2H3,(H,30,31,34). The first-order chi connectivity index (χ1) is 18.7. The summed E-state index contributed by atoms with van der Waals surface area (Å²) in [5.41, 5.74) is 1.82. The van der Waals surface area contributed by atoms with E-state index in [4.69, 9.17) is 21.1 Å². The third-order valence-electron chi connectivity index (χ3n) is 5.76. The van der Waals surface area contributed by atoms with Gasteiger partial charge in [0.2, 0.25) is 21.9 Å². The lowest BCUT2D eigenvalue weighted by atomic mass is 10.1. The lowest BCUT2D eigenvalue weighted by Gasteiger charge is -2.21. The summed E-state index contributed by atoms with van der Waals surface area (Å²) < 4.78 is 53.0. The Kier molecular flexibility index (Phi) is 8.97. The molecule has 0 bridgehead atoms. The van der Waals surface area contributed by atoms with Gasteiger partial charge in [-0.1, -0.05) is 11.6 Å². The molecule has 0 atom stereocenters. The number of nitrogens with zero attached hydrogens (tertiary/aromatic N) is 3. The molecule has 12 heteroatoms. The second-order valence-corrected chi connectivity index (χ2v) is 10.7. The molecule has 39 heavy (non-hydrogen) atoms. The summed E-state index contributed by atoms with van der Waals surface area (Å²) >= 11 is 5.91. The number of methoxy groups -OCH3 is 2. The zero-order valence-corrected chi connectivity index (χ0v) is 22.7. The van der Waals surface area contributed by atoms with Crippen LogP contribution in [0.3, 0.4) is 0 Å². The highest BCUT2D eigenvalue weighted by molar-refractivity contribution is 7.89. The molecule has 0 spiro atoms. The number of aromatic nitrogens is 2. The molecule has 4 aromatic rings. The molecule has 4 rings (SSSR count). The third kappa shape index (κ3) is 6.82. The molecule has 9 nitrogen and oxygen atoms in total. The monoisotopic (exact) mass is 572 g/mol. The number of anilines is 1. The number of imidazole rings is 1. The summed E-state index contributed by atoms with van der Waals surface area (Å²) in [5.74, 6) is -0.240. The Morgan fingerprint density at radius 3 is 2.31 bits per heavy atom. The lowest BCUT2D eigenvalue weighted by Crippen LogP contribution is -2.40. The van der Waals surface area contributed by atoms with Crippen molar-refractivity contribution in [1.29, 1.82) is 0 Å². The maximum atomic E-state index is 13.6. The number of rotatable bonds is 11. The van der Waals surface area contributed by atoms with Gasteiger partial charge in [-0.2, -0.15) is 4.31 Å². The highest BCUT2D eigenvalue weighted by atomic mass is 35.5. The van der Waals surface area contributed by atoms with Crippen LogP contribution in [0.15, 0.2) is 83.9 Å². The number of hydrogen-bond acceptors (Lipinski definition) is 6. The van der Waals surface area contributed by atoms with Gasteiger partial charge in [-0.25, -0.2) is 17.8 Å². The van der Waals surface area contributed by atoms with Gasteiger partial charge in [0.1, 0.15) is 11.6 Å². The molecule has 0 aliphatic carbocycles. The molecule has 1 amide bonds. The van der Waals surface area contributed by atoms with Crippen molar-refractivity contribution in [2.75, 3.05) is 39.2 Å². The molecule has 1 heterocycles. The SMILES string of the molecule is COCCN(CC(=O)Nc1nc(-c2ccc(OC)cc2)cn1-c1ccc(F)cc1)S(=O)(=O)c1ccc(Cl)cc1. The van der Waals surface area contributed by atoms with Crippen LogP contribution in [0, 0.1) is 5.82 Å². The highest BCUT2D eigenvalue weighted by Gasteiger charge is 2.27. The maximum absolute atomic E-state index is 13.6. The number of benzene rings is 3. The Hall–Kier alpha value is -3.77. The van der Waals surface area contributed by atoms with Crippen molar-refractivity contribution in [2.45, 2.75) is 4.90 Å². The quantitative estimate of drug-likeness (QED) is 0.281. The normalized spacial score (nSPS) is 11.5. The average Bonchev–Trinajstić information content (AvgIpc) is 3.35. The zero-order chi connectivity index (χ0) is 28.0. The van der Waals surface area contributed by atoms with Crippen molar-refractivity contribution in [3.63, 3.8) is 0 Å². The maximum Gasteiger partial charge on any atom is 0.243 e. The van der Waals surface area contributed by atoms with Gasteiger partial charge in [-0.05, 0) is 72.8 Å². The fourth-order valence-electron chi connectivity index (χ4n) is 3.73. The van der Waals surface area contributed by atoms with Crippen LogP contribution in [0.4, 0.5) is 10.3 Å². The number of hydrogen-bond donors (Lipinski definition) is 1. The van der Waals surface area contributed by atoms with Crippen LogP contribution >= 0.6 is 11.6 Å². The van der Waals surface area contributed by atoms with E-state index in [0.717, 1.165) is 9.87 Å². The molecular formula is C27H26ClFN4O5S. The number of nitrogens with one attached hydrogen (secondary N) is 1. The topological polar surface area (TPSA) is 103 Å². The van der Waals surface area contributed by atoms with E-state index in [9.17, 15) is 17.6 Å². The Morgan fingerprint density at radius 1 is 1.03 bits per heavy atom. The number of sulfonamides is 1. The van der Waals surface area contributed by atoms with Crippen molar-refractivity contribution in [2.24, 2.45) is 0 Å². The Labute approximate surface area is 230 Å². The number of amides is 1. The number of ether oxygens (including phenoxy) is 2. The van der Waals surface area contributed by atoms with E-state index in [2.05, 4.69) is 10.3 Å². The summed E-state index contributed by atoms with van der Waals surface area (Å²) in [4.78, 5) is 17.7. The summed E-state index contributed by atoms with van der Waals surface area (Å²) in [6.07, 6.45) is 1.69. The molecule has 0 aliphatic rings. The van der Waals surface area contributed by atoms with Gasteiger partial charge >= 0.3 is 0 Å². The van der Waals surface area contributed by atoms with E-state index < -0.39 is 28.3 Å². The number of carbonyl (C=O) groups is 1. The first-order valence-electron chi connectivity index (χ1n) is 11.8. The van der Waals surface area contributed by atoms with Gasteiger partial charge in [0, 0.05) is 36.1 Å². The second kappa shape index (κ2) is 12.4. The van der Waals surface area contributed by atoms with E-state index in [1.54, 1.807) is 42.1 Å². The van der Waals surface area contributed by atoms with Crippen LogP contribution in [0.2, 0.25) is 5.02 Å². The van der Waals surface area contributed by atoms with Crippen molar-refractivity contribution in [3.05, 3.63) is 89.8 Å². The van der Waals surface area contributed by atoms with Gasteiger partial charge in [-0.3, -0.25) is 14.7 Å². The summed E-state index contributed by atoms with van der Waals surface area (Å²) in [6, 6.07) is 18.5. The molecule has 1 N–H and O–H groups in total. The molecule has 0 radical (unpaired) electrons. The molecular weight excluding hydrogens is 547 g/mol. The van der Waals surface area contributed by atoms with E-state index in [1.165, 1.54) is 43.5 Å². The predicted octanol–water partition coefficient (Wildman–Crippen LogP) is 4.62. The van der Waals surface area contributed by atoms with Gasteiger partial charge in [-0.15, -0.1) is 0 Å². The largest absolute Gasteiger partial charge is 0.497 e. The van der Waals surface area contributed by atoms with Crippen LogP contribution in [0.5, 0.6) is 5.75 Å². The number of carbonyl (C=O) groups excluding carboxylic acids is 1. The van der Waals surface area contributed by atoms with Crippen LogP contribution < -0.4 is 10.1 Å². The molecule has 3 aromatic carbocycles. The van der Waals surface area contributed by atoms with Crippen molar-refractivity contribution in [3.8, 4) is 22.7 Å². The van der Waals surface area contributed by atoms with Crippen molar-refractivity contribution < 1.29 is 27.1 Å². The van der Waals surface area contributed by atoms with Crippen LogP contribution in [0.25, 0.3) is 16.9 Å². The number of halogens is 2. The Morgan fingerprint density at radius 2 is 1.69 bits per heavy atom. The lowest BCUT2D eigenvalue weighted by molar-refractivity contribution is -0.116. The van der Waals surface area contributed by atoms with Gasteiger partial charge in [0.25, 0.3) is 0 Å². The van der Waals surface area contributed by atoms with Gasteiger partial charge < -0.3 is 9.47 Å². The molecule has 0 unspecified atom stereocenters. The Balaban J connectivity index is 1.64. The zero-order valence-electron chi connectivity index (χ0n) is 21.2. The minimum Gasteiger partial charge on any atom is -0.497 e. The van der Waals surface area contributed by atoms with E-state index in [-0.39, 0.29) is 24.0 Å². The van der Waals surface area contributed by atoms with Gasteiger partial charge in [0.05, 0.1) is 30.9 Å². The minimum atomic E-state index is -4.04. The summed E-state index contributed by atoms with van der Waals surface area (Å²) in [5, 5.41) is 3.09. The van der Waals surface area contributed by atoms with Gasteiger partial charge in [0.15, 0.2) is 0 Å². The predicted molar refractivity (Wildman–Crippen MR) is 146 cm³/mol. The fourth-order valence-corrected chi connectivity index (χ4v) is 5.23. The summed E-state index contributed by atoms with van der Waals surface area (Å²) in [6.45, 7) is -0.479. The smallest absolute Gasteiger partial charge is 0.243 e.